The van der Waals surface area contributed by atoms with E-state index in [0.29, 0.717) is 17.3 Å². The molecule has 0 saturated carbocycles. The van der Waals surface area contributed by atoms with Gasteiger partial charge >= 0.3 is 0 Å². The van der Waals surface area contributed by atoms with Crippen molar-refractivity contribution >= 4 is 28.9 Å². The van der Waals surface area contributed by atoms with E-state index in [4.69, 9.17) is 10.5 Å². The summed E-state index contributed by atoms with van der Waals surface area (Å²) in [5.41, 5.74) is 5.64. The molecule has 1 saturated heterocycles. The zero-order valence-electron chi connectivity index (χ0n) is 10.3. The highest BCUT2D eigenvalue weighted by Gasteiger charge is 2.25. The highest BCUT2D eigenvalue weighted by Crippen LogP contribution is 2.21. The molecule has 17 heavy (non-hydrogen) atoms. The van der Waals surface area contributed by atoms with Crippen molar-refractivity contribution in [2.75, 3.05) is 18.9 Å². The van der Waals surface area contributed by atoms with Gasteiger partial charge in [0.15, 0.2) is 5.13 Å². The molecule has 1 aliphatic rings. The summed E-state index contributed by atoms with van der Waals surface area (Å²) < 4.78 is 5.68. The highest BCUT2D eigenvalue weighted by molar-refractivity contribution is 7.15. The Morgan fingerprint density at radius 1 is 1.65 bits per heavy atom. The van der Waals surface area contributed by atoms with Crippen LogP contribution in [0.3, 0.4) is 0 Å². The lowest BCUT2D eigenvalue weighted by molar-refractivity contribution is -0.0588. The lowest BCUT2D eigenvalue weighted by atomic mass is 10.1. The van der Waals surface area contributed by atoms with Crippen molar-refractivity contribution in [1.29, 1.82) is 0 Å². The number of hydrogen-bond donors (Lipinski definition) is 1. The second-order valence-electron chi connectivity index (χ2n) is 4.30. The van der Waals surface area contributed by atoms with Gasteiger partial charge in [0.25, 0.3) is 0 Å². The lowest BCUT2D eigenvalue weighted by Crippen LogP contribution is -2.47. The fourth-order valence-electron chi connectivity index (χ4n) is 2.08. The Morgan fingerprint density at radius 2 is 2.41 bits per heavy atom. The van der Waals surface area contributed by atoms with Gasteiger partial charge in [-0.05, 0) is 13.3 Å². The fourth-order valence-corrected chi connectivity index (χ4v) is 2.79. The molecule has 4 nitrogen and oxygen atoms in total. The third-order valence-electron chi connectivity index (χ3n) is 2.98. The van der Waals surface area contributed by atoms with E-state index in [9.17, 15) is 0 Å². The van der Waals surface area contributed by atoms with Crippen LogP contribution in [0.1, 0.15) is 25.1 Å². The molecule has 1 aliphatic heterocycles. The quantitative estimate of drug-likeness (QED) is 0.920. The van der Waals surface area contributed by atoms with Gasteiger partial charge in [-0.25, -0.2) is 4.98 Å². The lowest BCUT2D eigenvalue weighted by Gasteiger charge is -2.37. The minimum atomic E-state index is 0. The van der Waals surface area contributed by atoms with Gasteiger partial charge < -0.3 is 10.5 Å². The Bertz CT molecular complexity index is 347. The standard InChI is InChI=1S/C11H19N3OS.ClH/c1-3-9-7-15-8(2)5-14(9)6-10-4-13-11(12)16-10;/h4,8-9H,3,5-7H2,1-2H3,(H2,12,13);1H. The van der Waals surface area contributed by atoms with Crippen LogP contribution < -0.4 is 5.73 Å². The molecule has 0 bridgehead atoms. The van der Waals surface area contributed by atoms with Crippen molar-refractivity contribution in [1.82, 2.24) is 9.88 Å². The molecule has 2 unspecified atom stereocenters. The van der Waals surface area contributed by atoms with E-state index in [0.717, 1.165) is 26.1 Å². The maximum absolute atomic E-state index is 5.68. The zero-order chi connectivity index (χ0) is 11.5. The summed E-state index contributed by atoms with van der Waals surface area (Å²) in [7, 11) is 0. The molecule has 2 rings (SSSR count). The molecule has 6 heteroatoms. The summed E-state index contributed by atoms with van der Waals surface area (Å²) in [6.45, 7) is 7.11. The topological polar surface area (TPSA) is 51.4 Å². The number of anilines is 1. The first kappa shape index (κ1) is 14.7. The smallest absolute Gasteiger partial charge is 0.180 e. The first-order valence-electron chi connectivity index (χ1n) is 5.75. The molecule has 1 aromatic rings. The average molecular weight is 278 g/mol. The van der Waals surface area contributed by atoms with E-state index in [1.807, 2.05) is 6.20 Å². The number of aromatic nitrogens is 1. The van der Waals surface area contributed by atoms with Crippen LogP contribution >= 0.6 is 23.7 Å². The minimum Gasteiger partial charge on any atom is -0.376 e. The van der Waals surface area contributed by atoms with Crippen LogP contribution in [0.15, 0.2) is 6.20 Å². The Labute approximate surface area is 113 Å². The van der Waals surface area contributed by atoms with Crippen LogP contribution in [0.4, 0.5) is 5.13 Å². The number of nitrogens with two attached hydrogens (primary N) is 1. The summed E-state index contributed by atoms with van der Waals surface area (Å²) in [5.74, 6) is 0. The summed E-state index contributed by atoms with van der Waals surface area (Å²) in [6, 6.07) is 0.527. The second kappa shape index (κ2) is 6.54. The molecule has 0 radical (unpaired) electrons. The monoisotopic (exact) mass is 277 g/mol. The van der Waals surface area contributed by atoms with Crippen molar-refractivity contribution in [2.24, 2.45) is 0 Å². The third-order valence-corrected chi connectivity index (χ3v) is 3.79. The summed E-state index contributed by atoms with van der Waals surface area (Å²) in [4.78, 5) is 7.80. The molecule has 0 aliphatic carbocycles. The average Bonchev–Trinajstić information content (AvgIpc) is 2.64. The number of halogens is 1. The summed E-state index contributed by atoms with van der Waals surface area (Å²) in [5, 5.41) is 0.657. The van der Waals surface area contributed by atoms with E-state index in [1.54, 1.807) is 11.3 Å². The normalized spacial score (nSPS) is 25.5. The largest absolute Gasteiger partial charge is 0.376 e. The number of nitrogen functional groups attached to an aromatic ring is 1. The second-order valence-corrected chi connectivity index (χ2v) is 5.45. The molecule has 2 atom stereocenters. The van der Waals surface area contributed by atoms with Gasteiger partial charge in [-0.2, -0.15) is 0 Å². The van der Waals surface area contributed by atoms with E-state index < -0.39 is 0 Å². The minimum absolute atomic E-state index is 0. The molecule has 0 spiro atoms. The van der Waals surface area contributed by atoms with Crippen LogP contribution in [-0.2, 0) is 11.3 Å². The molecular weight excluding hydrogens is 258 g/mol. The maximum atomic E-state index is 5.68. The van der Waals surface area contributed by atoms with Crippen LogP contribution in [0, 0.1) is 0 Å². The summed E-state index contributed by atoms with van der Waals surface area (Å²) in [6.07, 6.45) is 3.33. The number of morpholine rings is 1. The maximum Gasteiger partial charge on any atom is 0.180 e. The number of nitrogens with zero attached hydrogens (tertiary/aromatic N) is 2. The first-order chi connectivity index (χ1) is 7.69. The van der Waals surface area contributed by atoms with Crippen LogP contribution in [0.2, 0.25) is 0 Å². The molecule has 1 aromatic heterocycles. The van der Waals surface area contributed by atoms with Crippen molar-refractivity contribution in [3.05, 3.63) is 11.1 Å². The van der Waals surface area contributed by atoms with Crippen molar-refractivity contribution in [3.63, 3.8) is 0 Å². The predicted octanol–water partition coefficient (Wildman–Crippen LogP) is 2.15. The fraction of sp³-hybridized carbons (Fsp3) is 0.727. The molecular formula is C11H20ClN3OS. The van der Waals surface area contributed by atoms with Crippen molar-refractivity contribution < 1.29 is 4.74 Å². The van der Waals surface area contributed by atoms with E-state index >= 15 is 0 Å². The zero-order valence-corrected chi connectivity index (χ0v) is 11.9. The Kier molecular flexibility index (Phi) is 5.66. The molecule has 2 heterocycles. The van der Waals surface area contributed by atoms with E-state index in [2.05, 4.69) is 23.7 Å². The Balaban J connectivity index is 0.00000144. The molecule has 0 amide bonds. The van der Waals surface area contributed by atoms with Crippen LogP contribution in [-0.4, -0.2) is 35.2 Å². The van der Waals surface area contributed by atoms with E-state index in [1.165, 1.54) is 4.88 Å². The number of ether oxygens (including phenoxy) is 1. The predicted molar refractivity (Wildman–Crippen MR) is 73.7 cm³/mol. The van der Waals surface area contributed by atoms with Crippen molar-refractivity contribution in [2.45, 2.75) is 39.0 Å². The SMILES string of the molecule is CCC1COC(C)CN1Cc1cnc(N)s1.Cl. The number of thiazole rings is 1. The number of hydrogen-bond acceptors (Lipinski definition) is 5. The van der Waals surface area contributed by atoms with Gasteiger partial charge in [-0.3, -0.25) is 4.90 Å². The molecule has 0 aromatic carbocycles. The van der Waals surface area contributed by atoms with Gasteiger partial charge in [0.1, 0.15) is 0 Å². The van der Waals surface area contributed by atoms with Gasteiger partial charge in [-0.1, -0.05) is 6.92 Å². The van der Waals surface area contributed by atoms with Gasteiger partial charge in [-0.15, -0.1) is 23.7 Å². The highest BCUT2D eigenvalue weighted by atomic mass is 35.5. The molecule has 1 fully saturated rings. The number of rotatable bonds is 3. The van der Waals surface area contributed by atoms with Gasteiger partial charge in [0.05, 0.1) is 12.7 Å². The first-order valence-corrected chi connectivity index (χ1v) is 6.56. The van der Waals surface area contributed by atoms with Crippen molar-refractivity contribution in [3.8, 4) is 0 Å². The van der Waals surface area contributed by atoms with Crippen LogP contribution in [0.5, 0.6) is 0 Å². The molecule has 98 valence electrons. The van der Waals surface area contributed by atoms with Gasteiger partial charge in [0, 0.05) is 30.2 Å². The Morgan fingerprint density at radius 3 is 3.00 bits per heavy atom. The third kappa shape index (κ3) is 3.81. The van der Waals surface area contributed by atoms with E-state index in [-0.39, 0.29) is 12.4 Å². The summed E-state index contributed by atoms with van der Waals surface area (Å²) >= 11 is 1.58. The Hall–Kier alpha value is -0.360. The van der Waals surface area contributed by atoms with Gasteiger partial charge in [0.2, 0.25) is 0 Å². The molecule has 2 N–H and O–H groups in total. The van der Waals surface area contributed by atoms with Crippen LogP contribution in [0.25, 0.3) is 0 Å².